The van der Waals surface area contributed by atoms with E-state index in [0.717, 1.165) is 17.8 Å². The first kappa shape index (κ1) is 19.7. The van der Waals surface area contributed by atoms with Crippen LogP contribution >= 0.6 is 0 Å². The minimum absolute atomic E-state index is 0.0658. The molecule has 27 heavy (non-hydrogen) atoms. The third-order valence-corrected chi connectivity index (χ3v) is 6.71. The van der Waals surface area contributed by atoms with Crippen LogP contribution in [0, 0.1) is 52.7 Å². The van der Waals surface area contributed by atoms with Crippen LogP contribution in [0.2, 0.25) is 0 Å². The van der Waals surface area contributed by atoms with Crippen molar-refractivity contribution in [3.8, 4) is 17.9 Å². The number of hydrogen-bond donors (Lipinski definition) is 0. The van der Waals surface area contributed by atoms with Gasteiger partial charge in [-0.15, -0.1) is 0 Å². The molecule has 1 aromatic carbocycles. The molecule has 1 aromatic rings. The second-order valence-corrected chi connectivity index (χ2v) is 8.30. The van der Waals surface area contributed by atoms with Crippen molar-refractivity contribution in [2.75, 3.05) is 0 Å². The summed E-state index contributed by atoms with van der Waals surface area (Å²) in [4.78, 5) is 0. The van der Waals surface area contributed by atoms with Gasteiger partial charge in [0.25, 0.3) is 0 Å². The summed E-state index contributed by atoms with van der Waals surface area (Å²) in [5, 5.41) is 8.76. The van der Waals surface area contributed by atoms with E-state index in [2.05, 4.69) is 24.8 Å². The fourth-order valence-electron chi connectivity index (χ4n) is 4.87. The van der Waals surface area contributed by atoms with Gasteiger partial charge in [-0.1, -0.05) is 44.1 Å². The second-order valence-electron chi connectivity index (χ2n) is 8.30. The zero-order chi connectivity index (χ0) is 19.1. The van der Waals surface area contributed by atoms with E-state index in [-0.39, 0.29) is 5.56 Å². The van der Waals surface area contributed by atoms with Crippen LogP contribution in [0.4, 0.5) is 4.39 Å². The Balaban J connectivity index is 1.44. The lowest BCUT2D eigenvalue weighted by molar-refractivity contribution is 0.154. The fourth-order valence-corrected chi connectivity index (χ4v) is 4.87. The maximum Gasteiger partial charge on any atom is 0.142 e. The first-order chi connectivity index (χ1) is 13.2. The van der Waals surface area contributed by atoms with Gasteiger partial charge in [-0.25, -0.2) is 4.39 Å². The van der Waals surface area contributed by atoms with Crippen LogP contribution in [0.25, 0.3) is 0 Å². The summed E-state index contributed by atoms with van der Waals surface area (Å²) in [7, 11) is 0. The highest BCUT2D eigenvalue weighted by Crippen LogP contribution is 2.42. The van der Waals surface area contributed by atoms with Crippen molar-refractivity contribution in [3.63, 3.8) is 0 Å². The monoisotopic (exact) mass is 363 g/mol. The van der Waals surface area contributed by atoms with E-state index in [1.54, 1.807) is 6.07 Å². The topological polar surface area (TPSA) is 23.8 Å². The molecule has 2 aliphatic rings. The Bertz CT molecular complexity index is 745. The molecule has 0 bridgehead atoms. The number of benzene rings is 1. The Labute approximate surface area is 163 Å². The summed E-state index contributed by atoms with van der Waals surface area (Å²) in [6.07, 6.45) is 16.6. The average Bonchev–Trinajstić information content (AvgIpc) is 2.72. The summed E-state index contributed by atoms with van der Waals surface area (Å²) >= 11 is 0. The minimum Gasteiger partial charge on any atom is -0.206 e. The van der Waals surface area contributed by atoms with Gasteiger partial charge in [0, 0.05) is 5.56 Å². The van der Waals surface area contributed by atoms with Crippen molar-refractivity contribution >= 4 is 0 Å². The quantitative estimate of drug-likeness (QED) is 0.553. The Kier molecular flexibility index (Phi) is 7.11. The van der Waals surface area contributed by atoms with E-state index in [9.17, 15) is 4.39 Å². The molecule has 2 saturated carbocycles. The molecule has 0 N–H and O–H groups in total. The lowest BCUT2D eigenvalue weighted by atomic mass is 9.69. The Morgan fingerprint density at radius 3 is 2.30 bits per heavy atom. The Hall–Kier alpha value is -2.06. The van der Waals surface area contributed by atoms with E-state index in [4.69, 9.17) is 5.26 Å². The summed E-state index contributed by atoms with van der Waals surface area (Å²) in [6, 6.07) is 6.34. The zero-order valence-electron chi connectivity index (χ0n) is 16.4. The molecule has 0 saturated heterocycles. The van der Waals surface area contributed by atoms with Gasteiger partial charge >= 0.3 is 0 Å². The molecule has 0 radical (unpaired) electrons. The van der Waals surface area contributed by atoms with Gasteiger partial charge in [-0.05, 0) is 86.5 Å². The van der Waals surface area contributed by atoms with Crippen molar-refractivity contribution in [1.29, 1.82) is 5.26 Å². The predicted octanol–water partition coefficient (Wildman–Crippen LogP) is 6.63. The van der Waals surface area contributed by atoms with Gasteiger partial charge in [0.15, 0.2) is 0 Å². The molecule has 2 heteroatoms. The zero-order valence-corrected chi connectivity index (χ0v) is 16.4. The molecule has 0 atom stereocenters. The van der Waals surface area contributed by atoms with Crippen LogP contribution < -0.4 is 0 Å². The summed E-state index contributed by atoms with van der Waals surface area (Å²) < 4.78 is 13.6. The molecule has 1 nitrogen and oxygen atoms in total. The molecule has 0 unspecified atom stereocenters. The SMILES string of the molecule is CCC1CCC(C2CCC(/C=C/C#Cc3ccc(C#N)c(F)c3)CC2)CC1. The lowest BCUT2D eigenvalue weighted by Crippen LogP contribution is -2.25. The van der Waals surface area contributed by atoms with Crippen molar-refractivity contribution in [2.45, 2.75) is 64.7 Å². The van der Waals surface area contributed by atoms with Gasteiger partial charge in [0.2, 0.25) is 0 Å². The lowest BCUT2D eigenvalue weighted by Gasteiger charge is -2.37. The number of hydrogen-bond acceptors (Lipinski definition) is 1. The standard InChI is InChI=1S/C25H30FN/c1-2-19-7-12-22(13-8-19)23-14-9-20(10-15-23)5-3-4-6-21-11-16-24(18-27)25(26)17-21/h3,5,11,16-17,19-20,22-23H,2,7-10,12-15H2,1H3/b5-3+. The van der Waals surface area contributed by atoms with Crippen LogP contribution in [0.5, 0.6) is 0 Å². The number of allylic oxidation sites excluding steroid dienone is 2. The van der Waals surface area contributed by atoms with Gasteiger partial charge in [0.05, 0.1) is 5.56 Å². The van der Waals surface area contributed by atoms with E-state index in [1.165, 1.54) is 69.9 Å². The average molecular weight is 364 g/mol. The second kappa shape index (κ2) is 9.75. The molecule has 0 spiro atoms. The summed E-state index contributed by atoms with van der Waals surface area (Å²) in [6.45, 7) is 2.34. The number of nitriles is 1. The van der Waals surface area contributed by atoms with Gasteiger partial charge in [-0.3, -0.25) is 0 Å². The molecule has 2 fully saturated rings. The van der Waals surface area contributed by atoms with Crippen LogP contribution in [0.15, 0.2) is 30.4 Å². The molecule has 0 aliphatic heterocycles. The smallest absolute Gasteiger partial charge is 0.142 e. The predicted molar refractivity (Wildman–Crippen MR) is 108 cm³/mol. The maximum absolute atomic E-state index is 13.6. The van der Waals surface area contributed by atoms with Crippen LogP contribution in [-0.2, 0) is 0 Å². The molecular weight excluding hydrogens is 333 g/mol. The van der Waals surface area contributed by atoms with Gasteiger partial charge in [0.1, 0.15) is 11.9 Å². The van der Waals surface area contributed by atoms with Crippen molar-refractivity contribution in [1.82, 2.24) is 0 Å². The highest BCUT2D eigenvalue weighted by Gasteiger charge is 2.29. The molecule has 3 rings (SSSR count). The number of nitrogens with zero attached hydrogens (tertiary/aromatic N) is 1. The van der Waals surface area contributed by atoms with E-state index in [1.807, 2.05) is 12.1 Å². The first-order valence-corrected chi connectivity index (χ1v) is 10.6. The van der Waals surface area contributed by atoms with Crippen molar-refractivity contribution in [2.24, 2.45) is 23.7 Å². The highest BCUT2D eigenvalue weighted by molar-refractivity contribution is 5.42. The largest absolute Gasteiger partial charge is 0.206 e. The highest BCUT2D eigenvalue weighted by atomic mass is 19.1. The molecule has 0 amide bonds. The summed E-state index contributed by atoms with van der Waals surface area (Å²) in [5.41, 5.74) is 0.679. The first-order valence-electron chi connectivity index (χ1n) is 10.6. The fraction of sp³-hybridized carbons (Fsp3) is 0.560. The Morgan fingerprint density at radius 2 is 1.70 bits per heavy atom. The van der Waals surface area contributed by atoms with Crippen LogP contribution in [0.1, 0.15) is 75.8 Å². The van der Waals surface area contributed by atoms with Crippen LogP contribution in [-0.4, -0.2) is 0 Å². The number of halogens is 1. The van der Waals surface area contributed by atoms with Gasteiger partial charge in [-0.2, -0.15) is 5.26 Å². The number of rotatable bonds is 3. The van der Waals surface area contributed by atoms with E-state index >= 15 is 0 Å². The molecule has 0 aromatic heterocycles. The van der Waals surface area contributed by atoms with Crippen molar-refractivity contribution in [3.05, 3.63) is 47.3 Å². The molecule has 2 aliphatic carbocycles. The molecule has 0 heterocycles. The van der Waals surface area contributed by atoms with Crippen LogP contribution in [0.3, 0.4) is 0 Å². The van der Waals surface area contributed by atoms with Crippen molar-refractivity contribution < 1.29 is 4.39 Å². The maximum atomic E-state index is 13.6. The molecular formula is C25H30FN. The van der Waals surface area contributed by atoms with Gasteiger partial charge < -0.3 is 0 Å². The third-order valence-electron chi connectivity index (χ3n) is 6.71. The minimum atomic E-state index is -0.500. The summed E-state index contributed by atoms with van der Waals surface area (Å²) in [5.74, 6) is 9.03. The Morgan fingerprint density at radius 1 is 1.04 bits per heavy atom. The normalized spacial score (nSPS) is 28.3. The van der Waals surface area contributed by atoms with E-state index in [0.29, 0.717) is 11.5 Å². The van der Waals surface area contributed by atoms with E-state index < -0.39 is 5.82 Å². The molecule has 142 valence electrons. The third kappa shape index (κ3) is 5.46.